The van der Waals surface area contributed by atoms with Crippen LogP contribution in [0.1, 0.15) is 16.8 Å². The molecule has 1 aromatic carbocycles. The van der Waals surface area contributed by atoms with Crippen LogP contribution in [0.4, 0.5) is 0 Å². The molecule has 0 spiro atoms. The number of methoxy groups -OCH3 is 2. The number of rotatable bonds is 5. The van der Waals surface area contributed by atoms with Gasteiger partial charge in [-0.3, -0.25) is 14.7 Å². The molecule has 0 bridgehead atoms. The molecule has 1 aliphatic rings. The summed E-state index contributed by atoms with van der Waals surface area (Å²) in [6.07, 6.45) is 4.14. The van der Waals surface area contributed by atoms with Gasteiger partial charge in [0.2, 0.25) is 0 Å². The molecule has 0 amide bonds. The van der Waals surface area contributed by atoms with E-state index in [-0.39, 0.29) is 5.56 Å². The molecule has 1 N–H and O–H groups in total. The summed E-state index contributed by atoms with van der Waals surface area (Å²) < 4.78 is 10.7. The first-order valence-electron chi connectivity index (χ1n) is 9.13. The average molecular weight is 378 g/mol. The van der Waals surface area contributed by atoms with Gasteiger partial charge in [-0.05, 0) is 29.8 Å². The fraction of sp³-hybridized carbons (Fsp3) is 0.286. The van der Waals surface area contributed by atoms with Crippen molar-refractivity contribution < 1.29 is 9.47 Å². The quantitative estimate of drug-likeness (QED) is 0.734. The molecule has 0 atom stereocenters. The molecule has 7 nitrogen and oxygen atoms in total. The lowest BCUT2D eigenvalue weighted by molar-refractivity contribution is 0.241. The van der Waals surface area contributed by atoms with E-state index in [2.05, 4.69) is 19.9 Å². The van der Waals surface area contributed by atoms with E-state index >= 15 is 0 Å². The van der Waals surface area contributed by atoms with Gasteiger partial charge in [-0.15, -0.1) is 0 Å². The Morgan fingerprint density at radius 3 is 2.79 bits per heavy atom. The maximum atomic E-state index is 12.7. The van der Waals surface area contributed by atoms with E-state index in [0.717, 1.165) is 41.9 Å². The minimum absolute atomic E-state index is 0.0825. The number of benzene rings is 1. The molecule has 144 valence electrons. The summed E-state index contributed by atoms with van der Waals surface area (Å²) in [7, 11) is 3.25. The third-order valence-electron chi connectivity index (χ3n) is 4.94. The van der Waals surface area contributed by atoms with Crippen molar-refractivity contribution in [1.82, 2.24) is 19.9 Å². The first-order chi connectivity index (χ1) is 13.7. The summed E-state index contributed by atoms with van der Waals surface area (Å²) in [6, 6.07) is 9.62. The smallest absolute Gasteiger partial charge is 0.255 e. The van der Waals surface area contributed by atoms with Gasteiger partial charge in [-0.1, -0.05) is 6.07 Å². The Balaban J connectivity index is 1.55. The number of hydrogen-bond donors (Lipinski definition) is 1. The predicted molar refractivity (Wildman–Crippen MR) is 105 cm³/mol. The lowest BCUT2D eigenvalue weighted by Crippen LogP contribution is -2.35. The number of fused-ring (bicyclic) bond motifs is 1. The fourth-order valence-electron chi connectivity index (χ4n) is 3.49. The number of H-pyrrole nitrogens is 1. The number of aromatic amines is 1. The standard InChI is InChI=1S/C21H22N4O3/c1-27-18-6-5-14(10-19(18)28-2)12-25-9-7-17-16(13-25)21(26)24-20(23-17)15-4-3-8-22-11-15/h3-6,8,10-11H,7,9,12-13H2,1-2H3,(H,23,24,26). The third kappa shape index (κ3) is 3.61. The van der Waals surface area contributed by atoms with Crippen LogP contribution in [0.25, 0.3) is 11.4 Å². The molecule has 0 radical (unpaired) electrons. The lowest BCUT2D eigenvalue weighted by atomic mass is 10.1. The molecule has 0 aliphatic carbocycles. The van der Waals surface area contributed by atoms with Crippen LogP contribution in [0, 0.1) is 0 Å². The minimum atomic E-state index is -0.0825. The van der Waals surface area contributed by atoms with Crippen LogP contribution in [0.15, 0.2) is 47.5 Å². The Hall–Kier alpha value is -3.19. The average Bonchev–Trinajstić information content (AvgIpc) is 2.74. The van der Waals surface area contributed by atoms with E-state index in [1.165, 1.54) is 0 Å². The molecule has 0 unspecified atom stereocenters. The number of pyridine rings is 1. The highest BCUT2D eigenvalue weighted by molar-refractivity contribution is 5.53. The van der Waals surface area contributed by atoms with Gasteiger partial charge in [0.05, 0.1) is 25.5 Å². The Morgan fingerprint density at radius 1 is 1.18 bits per heavy atom. The van der Waals surface area contributed by atoms with E-state index in [1.807, 2.05) is 30.3 Å². The zero-order chi connectivity index (χ0) is 19.5. The number of aromatic nitrogens is 3. The van der Waals surface area contributed by atoms with Crippen LogP contribution in [-0.2, 0) is 19.5 Å². The zero-order valence-electron chi connectivity index (χ0n) is 15.9. The first-order valence-corrected chi connectivity index (χ1v) is 9.13. The molecule has 0 fully saturated rings. The van der Waals surface area contributed by atoms with Crippen LogP contribution in [-0.4, -0.2) is 40.6 Å². The lowest BCUT2D eigenvalue weighted by Gasteiger charge is -2.28. The molecule has 7 heteroatoms. The molecule has 2 aromatic heterocycles. The van der Waals surface area contributed by atoms with E-state index in [0.29, 0.717) is 23.9 Å². The van der Waals surface area contributed by atoms with E-state index in [1.54, 1.807) is 26.6 Å². The highest BCUT2D eigenvalue weighted by Gasteiger charge is 2.22. The maximum Gasteiger partial charge on any atom is 0.255 e. The highest BCUT2D eigenvalue weighted by Crippen LogP contribution is 2.28. The Bertz CT molecular complexity index is 1030. The van der Waals surface area contributed by atoms with E-state index in [4.69, 9.17) is 9.47 Å². The molecular weight excluding hydrogens is 356 g/mol. The summed E-state index contributed by atoms with van der Waals surface area (Å²) in [4.78, 5) is 26.6. The van der Waals surface area contributed by atoms with Crippen LogP contribution in [0.5, 0.6) is 11.5 Å². The maximum absolute atomic E-state index is 12.7. The van der Waals surface area contributed by atoms with Crippen molar-refractivity contribution in [2.24, 2.45) is 0 Å². The molecule has 3 aromatic rings. The van der Waals surface area contributed by atoms with Gasteiger partial charge >= 0.3 is 0 Å². The second-order valence-electron chi connectivity index (χ2n) is 6.73. The summed E-state index contributed by atoms with van der Waals surface area (Å²) in [5, 5.41) is 0. The van der Waals surface area contributed by atoms with Gasteiger partial charge < -0.3 is 14.5 Å². The first kappa shape index (κ1) is 18.2. The minimum Gasteiger partial charge on any atom is -0.493 e. The monoisotopic (exact) mass is 378 g/mol. The zero-order valence-corrected chi connectivity index (χ0v) is 15.9. The van der Waals surface area contributed by atoms with Crippen LogP contribution in [0.2, 0.25) is 0 Å². The molecule has 0 saturated heterocycles. The summed E-state index contributed by atoms with van der Waals surface area (Å²) in [5.41, 5.74) is 3.44. The van der Waals surface area contributed by atoms with Crippen molar-refractivity contribution in [3.05, 3.63) is 69.9 Å². The van der Waals surface area contributed by atoms with Crippen LogP contribution < -0.4 is 15.0 Å². The van der Waals surface area contributed by atoms with E-state index in [9.17, 15) is 4.79 Å². The molecule has 3 heterocycles. The van der Waals surface area contributed by atoms with Gasteiger partial charge in [0.15, 0.2) is 11.5 Å². The number of nitrogens with zero attached hydrogens (tertiary/aromatic N) is 3. The van der Waals surface area contributed by atoms with Crippen LogP contribution >= 0.6 is 0 Å². The second-order valence-corrected chi connectivity index (χ2v) is 6.73. The Labute approximate surface area is 163 Å². The summed E-state index contributed by atoms with van der Waals surface area (Å²) in [5.74, 6) is 1.99. The van der Waals surface area contributed by atoms with Crippen molar-refractivity contribution >= 4 is 0 Å². The molecule has 28 heavy (non-hydrogen) atoms. The molecule has 0 saturated carbocycles. The van der Waals surface area contributed by atoms with Crippen molar-refractivity contribution in [3.63, 3.8) is 0 Å². The van der Waals surface area contributed by atoms with E-state index < -0.39 is 0 Å². The SMILES string of the molecule is COc1ccc(CN2CCc3nc(-c4cccnc4)[nH]c(=O)c3C2)cc1OC. The molecular formula is C21H22N4O3. The number of nitrogens with one attached hydrogen (secondary N) is 1. The van der Waals surface area contributed by atoms with Crippen molar-refractivity contribution in [1.29, 1.82) is 0 Å². The van der Waals surface area contributed by atoms with Crippen molar-refractivity contribution in [3.8, 4) is 22.9 Å². The largest absolute Gasteiger partial charge is 0.493 e. The third-order valence-corrected chi connectivity index (χ3v) is 4.94. The fourth-order valence-corrected chi connectivity index (χ4v) is 3.49. The number of hydrogen-bond acceptors (Lipinski definition) is 6. The molecule has 1 aliphatic heterocycles. The van der Waals surface area contributed by atoms with Gasteiger partial charge in [0.25, 0.3) is 5.56 Å². The normalized spacial score (nSPS) is 13.8. The van der Waals surface area contributed by atoms with Crippen LogP contribution in [0.3, 0.4) is 0 Å². The molecule has 4 rings (SSSR count). The Kier molecular flexibility index (Phi) is 5.08. The van der Waals surface area contributed by atoms with Crippen molar-refractivity contribution in [2.45, 2.75) is 19.5 Å². The van der Waals surface area contributed by atoms with Gasteiger partial charge in [-0.25, -0.2) is 4.98 Å². The highest BCUT2D eigenvalue weighted by atomic mass is 16.5. The topological polar surface area (TPSA) is 80.3 Å². The predicted octanol–water partition coefficient (Wildman–Crippen LogP) is 2.41. The van der Waals surface area contributed by atoms with Gasteiger partial charge in [-0.2, -0.15) is 0 Å². The summed E-state index contributed by atoms with van der Waals surface area (Å²) >= 11 is 0. The Morgan fingerprint density at radius 2 is 2.04 bits per heavy atom. The number of ether oxygens (including phenoxy) is 2. The van der Waals surface area contributed by atoms with Crippen molar-refractivity contribution in [2.75, 3.05) is 20.8 Å². The second kappa shape index (κ2) is 7.82. The van der Waals surface area contributed by atoms with Gasteiger partial charge in [0.1, 0.15) is 5.82 Å². The summed E-state index contributed by atoms with van der Waals surface area (Å²) in [6.45, 7) is 2.13. The van der Waals surface area contributed by atoms with Gasteiger partial charge in [0, 0.05) is 44.0 Å².